The maximum atomic E-state index is 8.57. The van der Waals surface area contributed by atoms with Crippen LogP contribution in [0.2, 0.25) is 0 Å². The SMILES string of the molecule is COc1nc(C#N)c(N)cc1Br. The lowest BCUT2D eigenvalue weighted by molar-refractivity contribution is 0.395. The first-order valence-corrected chi connectivity index (χ1v) is 3.88. The van der Waals surface area contributed by atoms with E-state index in [9.17, 15) is 0 Å². The number of rotatable bonds is 1. The molecule has 0 bridgehead atoms. The summed E-state index contributed by atoms with van der Waals surface area (Å²) in [5, 5.41) is 8.57. The normalized spacial score (nSPS) is 9.08. The number of methoxy groups -OCH3 is 1. The topological polar surface area (TPSA) is 71.9 Å². The summed E-state index contributed by atoms with van der Waals surface area (Å²) in [4.78, 5) is 3.85. The lowest BCUT2D eigenvalue weighted by atomic mass is 10.3. The third-order valence-electron chi connectivity index (χ3n) is 1.27. The molecule has 0 aliphatic heterocycles. The molecule has 0 saturated carbocycles. The molecule has 0 unspecified atom stereocenters. The molecular formula is C7H6BrN3O. The second-order valence-electron chi connectivity index (χ2n) is 2.03. The zero-order valence-electron chi connectivity index (χ0n) is 6.34. The Hall–Kier alpha value is -1.28. The van der Waals surface area contributed by atoms with E-state index in [1.54, 1.807) is 6.07 Å². The van der Waals surface area contributed by atoms with Crippen LogP contribution in [0, 0.1) is 11.3 Å². The monoisotopic (exact) mass is 227 g/mol. The predicted octanol–water partition coefficient (Wildman–Crippen LogP) is 1.31. The van der Waals surface area contributed by atoms with E-state index in [4.69, 9.17) is 15.7 Å². The molecule has 1 rings (SSSR count). The van der Waals surface area contributed by atoms with Crippen molar-refractivity contribution in [2.45, 2.75) is 0 Å². The minimum absolute atomic E-state index is 0.176. The molecule has 0 aliphatic carbocycles. The maximum absolute atomic E-state index is 8.57. The van der Waals surface area contributed by atoms with Crippen LogP contribution >= 0.6 is 15.9 Å². The fourth-order valence-electron chi connectivity index (χ4n) is 0.719. The molecule has 0 saturated heterocycles. The van der Waals surface area contributed by atoms with Gasteiger partial charge in [0.15, 0.2) is 5.69 Å². The Kier molecular flexibility index (Phi) is 2.51. The quantitative estimate of drug-likeness (QED) is 0.786. The first-order valence-electron chi connectivity index (χ1n) is 3.09. The Bertz CT molecular complexity index is 345. The van der Waals surface area contributed by atoms with Gasteiger partial charge >= 0.3 is 0 Å². The van der Waals surface area contributed by atoms with Crippen LogP contribution in [0.5, 0.6) is 5.88 Å². The summed E-state index contributed by atoms with van der Waals surface area (Å²) in [5.41, 5.74) is 6.00. The van der Waals surface area contributed by atoms with Gasteiger partial charge < -0.3 is 10.5 Å². The number of aromatic nitrogens is 1. The predicted molar refractivity (Wildman–Crippen MR) is 47.6 cm³/mol. The molecule has 2 N–H and O–H groups in total. The van der Waals surface area contributed by atoms with Crippen molar-refractivity contribution in [2.24, 2.45) is 0 Å². The number of anilines is 1. The van der Waals surface area contributed by atoms with Crippen molar-refractivity contribution in [3.05, 3.63) is 16.2 Å². The van der Waals surface area contributed by atoms with Crippen molar-refractivity contribution in [1.29, 1.82) is 5.26 Å². The summed E-state index contributed by atoms with van der Waals surface area (Å²) in [6.45, 7) is 0. The third-order valence-corrected chi connectivity index (χ3v) is 1.84. The maximum Gasteiger partial charge on any atom is 0.229 e. The molecule has 0 atom stereocenters. The highest BCUT2D eigenvalue weighted by atomic mass is 79.9. The number of hydrogen-bond donors (Lipinski definition) is 1. The van der Waals surface area contributed by atoms with Crippen molar-refractivity contribution < 1.29 is 4.74 Å². The molecule has 1 aromatic rings. The highest BCUT2D eigenvalue weighted by Crippen LogP contribution is 2.25. The van der Waals surface area contributed by atoms with Gasteiger partial charge in [0, 0.05) is 0 Å². The van der Waals surface area contributed by atoms with Crippen molar-refractivity contribution >= 4 is 21.6 Å². The minimum atomic E-state index is 0.176. The van der Waals surface area contributed by atoms with Crippen LogP contribution in [-0.4, -0.2) is 12.1 Å². The molecule has 5 heteroatoms. The van der Waals surface area contributed by atoms with Gasteiger partial charge in [-0.05, 0) is 22.0 Å². The van der Waals surface area contributed by atoms with Gasteiger partial charge in [-0.1, -0.05) is 0 Å². The molecule has 62 valence electrons. The van der Waals surface area contributed by atoms with Crippen molar-refractivity contribution in [2.75, 3.05) is 12.8 Å². The number of ether oxygens (including phenoxy) is 1. The molecule has 0 spiro atoms. The Balaban J connectivity index is 3.30. The average Bonchev–Trinajstić information content (AvgIpc) is 2.05. The molecule has 1 aromatic heterocycles. The standard InChI is InChI=1S/C7H6BrN3O/c1-12-7-4(8)2-5(10)6(3-9)11-7/h2H,10H2,1H3. The third kappa shape index (κ3) is 1.48. The highest BCUT2D eigenvalue weighted by Gasteiger charge is 2.06. The van der Waals surface area contributed by atoms with Crippen LogP contribution < -0.4 is 10.5 Å². The van der Waals surface area contributed by atoms with E-state index >= 15 is 0 Å². The molecule has 1 heterocycles. The first kappa shape index (κ1) is 8.81. The van der Waals surface area contributed by atoms with Gasteiger partial charge in [0.05, 0.1) is 17.3 Å². The molecule has 12 heavy (non-hydrogen) atoms. The Morgan fingerprint density at radius 1 is 1.75 bits per heavy atom. The second-order valence-corrected chi connectivity index (χ2v) is 2.88. The summed E-state index contributed by atoms with van der Waals surface area (Å²) in [6, 6.07) is 3.45. The number of nitriles is 1. The van der Waals surface area contributed by atoms with E-state index in [1.165, 1.54) is 7.11 Å². The van der Waals surface area contributed by atoms with Crippen LogP contribution in [0.15, 0.2) is 10.5 Å². The summed E-state index contributed by atoms with van der Waals surface area (Å²) in [6.07, 6.45) is 0. The fraction of sp³-hybridized carbons (Fsp3) is 0.143. The Morgan fingerprint density at radius 3 is 2.92 bits per heavy atom. The number of nitrogens with two attached hydrogens (primary N) is 1. The summed E-state index contributed by atoms with van der Waals surface area (Å²) >= 11 is 3.19. The van der Waals surface area contributed by atoms with Crippen molar-refractivity contribution in [3.8, 4) is 11.9 Å². The van der Waals surface area contributed by atoms with Crippen LogP contribution in [0.25, 0.3) is 0 Å². The van der Waals surface area contributed by atoms with Crippen molar-refractivity contribution in [3.63, 3.8) is 0 Å². The molecule has 0 fully saturated rings. The van der Waals surface area contributed by atoms with Gasteiger partial charge in [0.1, 0.15) is 6.07 Å². The van der Waals surface area contributed by atoms with Gasteiger partial charge in [0.2, 0.25) is 5.88 Å². The van der Waals surface area contributed by atoms with E-state index in [-0.39, 0.29) is 5.69 Å². The van der Waals surface area contributed by atoms with Crippen LogP contribution in [0.3, 0.4) is 0 Å². The van der Waals surface area contributed by atoms with Gasteiger partial charge in [0.25, 0.3) is 0 Å². The summed E-state index contributed by atoms with van der Waals surface area (Å²) < 4.78 is 5.52. The second kappa shape index (κ2) is 3.41. The van der Waals surface area contributed by atoms with E-state index in [1.807, 2.05) is 6.07 Å². The summed E-state index contributed by atoms with van der Waals surface area (Å²) in [5.74, 6) is 0.362. The van der Waals surface area contributed by atoms with Gasteiger partial charge in [-0.3, -0.25) is 0 Å². The van der Waals surface area contributed by atoms with E-state index in [0.717, 1.165) is 0 Å². The molecular weight excluding hydrogens is 222 g/mol. The lowest BCUT2D eigenvalue weighted by Gasteiger charge is -2.03. The van der Waals surface area contributed by atoms with Crippen molar-refractivity contribution in [1.82, 2.24) is 4.98 Å². The smallest absolute Gasteiger partial charge is 0.229 e. The number of pyridine rings is 1. The van der Waals surface area contributed by atoms with Crippen LogP contribution in [0.1, 0.15) is 5.69 Å². The van der Waals surface area contributed by atoms with Gasteiger partial charge in [-0.2, -0.15) is 10.2 Å². The molecule has 0 radical (unpaired) electrons. The summed E-state index contributed by atoms with van der Waals surface area (Å²) in [7, 11) is 1.48. The highest BCUT2D eigenvalue weighted by molar-refractivity contribution is 9.10. The average molecular weight is 228 g/mol. The molecule has 4 nitrogen and oxygen atoms in total. The Labute approximate surface area is 78.1 Å². The number of hydrogen-bond acceptors (Lipinski definition) is 4. The minimum Gasteiger partial charge on any atom is -0.480 e. The molecule has 0 aromatic carbocycles. The zero-order chi connectivity index (χ0) is 9.14. The molecule has 0 amide bonds. The number of nitrogen functional groups attached to an aromatic ring is 1. The van der Waals surface area contributed by atoms with Crippen LogP contribution in [-0.2, 0) is 0 Å². The molecule has 0 aliphatic rings. The number of halogens is 1. The van der Waals surface area contributed by atoms with Gasteiger partial charge in [-0.25, -0.2) is 0 Å². The first-order chi connectivity index (χ1) is 5.69. The fourth-order valence-corrected chi connectivity index (χ4v) is 1.22. The largest absolute Gasteiger partial charge is 0.480 e. The van der Waals surface area contributed by atoms with Gasteiger partial charge in [-0.15, -0.1) is 0 Å². The number of nitrogens with zero attached hydrogens (tertiary/aromatic N) is 2. The van der Waals surface area contributed by atoms with E-state index in [0.29, 0.717) is 16.0 Å². The zero-order valence-corrected chi connectivity index (χ0v) is 7.92. The Morgan fingerprint density at radius 2 is 2.42 bits per heavy atom. The van der Waals surface area contributed by atoms with E-state index in [2.05, 4.69) is 20.9 Å². The van der Waals surface area contributed by atoms with Crippen LogP contribution in [0.4, 0.5) is 5.69 Å². The van der Waals surface area contributed by atoms with E-state index < -0.39 is 0 Å². The lowest BCUT2D eigenvalue weighted by Crippen LogP contribution is -1.97.